The molecule has 1 atom stereocenters. The monoisotopic (exact) mass is 303 g/mol. The average molecular weight is 303 g/mol. The zero-order chi connectivity index (χ0) is 16.4. The lowest BCUT2D eigenvalue weighted by atomic mass is 9.75. The van der Waals surface area contributed by atoms with Crippen molar-refractivity contribution in [2.75, 3.05) is 6.61 Å². The van der Waals surface area contributed by atoms with Crippen LogP contribution in [-0.2, 0) is 9.22 Å². The molecule has 0 saturated heterocycles. The molecule has 0 fully saturated rings. The van der Waals surface area contributed by atoms with Gasteiger partial charge in [-0.05, 0) is 23.5 Å². The van der Waals surface area contributed by atoms with Crippen molar-refractivity contribution in [3.63, 3.8) is 0 Å². The SMILES string of the molecule is CC(C)(C)[C@@](C=O)(CO[Si](C)(C)C(C)(C)C)NC(=O)O. The Hall–Kier alpha value is -0.883. The fourth-order valence-corrected chi connectivity index (χ4v) is 2.40. The van der Waals surface area contributed by atoms with E-state index in [2.05, 4.69) is 39.2 Å². The van der Waals surface area contributed by atoms with Crippen molar-refractivity contribution in [3.8, 4) is 0 Å². The van der Waals surface area contributed by atoms with Crippen LogP contribution in [-0.4, -0.2) is 37.9 Å². The Morgan fingerprint density at radius 3 is 1.90 bits per heavy atom. The summed E-state index contributed by atoms with van der Waals surface area (Å²) in [5.74, 6) is 0. The smallest absolute Gasteiger partial charge is 0.405 e. The van der Waals surface area contributed by atoms with E-state index in [4.69, 9.17) is 9.53 Å². The standard InChI is InChI=1S/C14H29NO4Si/c1-12(2,3)14(9-16,15-11(17)18)10-19-20(7,8)13(4,5)6/h9,15H,10H2,1-8H3,(H,17,18)/t14-/m1/s1. The summed E-state index contributed by atoms with van der Waals surface area (Å²) in [6.07, 6.45) is -0.556. The number of carbonyl (C=O) groups excluding carboxylic acids is 1. The second kappa shape index (κ2) is 5.85. The molecule has 0 aliphatic heterocycles. The minimum atomic E-state index is -2.05. The van der Waals surface area contributed by atoms with Crippen LogP contribution in [0.4, 0.5) is 4.79 Å². The molecule has 0 saturated carbocycles. The molecule has 0 spiro atoms. The van der Waals surface area contributed by atoms with Gasteiger partial charge in [0.1, 0.15) is 11.8 Å². The Balaban J connectivity index is 5.31. The summed E-state index contributed by atoms with van der Waals surface area (Å²) in [4.78, 5) is 22.6. The minimum Gasteiger partial charge on any atom is -0.465 e. The maximum atomic E-state index is 11.6. The highest BCUT2D eigenvalue weighted by atomic mass is 28.4. The molecule has 0 aromatic carbocycles. The second-order valence-corrected chi connectivity index (χ2v) is 12.6. The van der Waals surface area contributed by atoms with Gasteiger partial charge in [0.05, 0.1) is 6.61 Å². The Kier molecular flexibility index (Phi) is 5.59. The fourth-order valence-electron chi connectivity index (χ4n) is 1.38. The molecule has 0 heterocycles. The van der Waals surface area contributed by atoms with Gasteiger partial charge in [0.25, 0.3) is 0 Å². The quantitative estimate of drug-likeness (QED) is 0.604. The minimum absolute atomic E-state index is 0.00271. The summed E-state index contributed by atoms with van der Waals surface area (Å²) < 4.78 is 6.06. The number of carboxylic acid groups (broad SMARTS) is 1. The normalized spacial score (nSPS) is 16.4. The third-order valence-corrected chi connectivity index (χ3v) is 8.81. The van der Waals surface area contributed by atoms with E-state index in [1.54, 1.807) is 0 Å². The Labute approximate surface area is 123 Å². The highest BCUT2D eigenvalue weighted by molar-refractivity contribution is 6.74. The van der Waals surface area contributed by atoms with Crippen LogP contribution in [0.5, 0.6) is 0 Å². The van der Waals surface area contributed by atoms with Gasteiger partial charge >= 0.3 is 6.09 Å². The molecule has 0 aromatic rings. The summed E-state index contributed by atoms with van der Waals surface area (Å²) in [5.41, 5.74) is -1.82. The van der Waals surface area contributed by atoms with Crippen molar-refractivity contribution < 1.29 is 19.1 Å². The van der Waals surface area contributed by atoms with Crippen LogP contribution < -0.4 is 5.32 Å². The molecule has 6 heteroatoms. The number of rotatable bonds is 5. The lowest BCUT2D eigenvalue weighted by molar-refractivity contribution is -0.119. The lowest BCUT2D eigenvalue weighted by Gasteiger charge is -2.44. The molecule has 0 radical (unpaired) electrons. The molecule has 5 nitrogen and oxygen atoms in total. The maximum absolute atomic E-state index is 11.6. The number of amides is 1. The Bertz CT molecular complexity index is 368. The second-order valence-electron chi connectivity index (χ2n) is 7.82. The molecular formula is C14H29NO4Si. The number of nitrogens with one attached hydrogen (secondary N) is 1. The first-order chi connectivity index (χ1) is 8.68. The van der Waals surface area contributed by atoms with E-state index >= 15 is 0 Å². The van der Waals surface area contributed by atoms with Crippen molar-refractivity contribution >= 4 is 20.7 Å². The van der Waals surface area contributed by atoms with E-state index in [1.165, 1.54) is 0 Å². The molecule has 20 heavy (non-hydrogen) atoms. The number of carbonyl (C=O) groups is 2. The number of hydrogen-bond donors (Lipinski definition) is 2. The summed E-state index contributed by atoms with van der Waals surface area (Å²) in [6.45, 7) is 16.0. The summed E-state index contributed by atoms with van der Waals surface area (Å²) in [6, 6.07) is 0. The van der Waals surface area contributed by atoms with Gasteiger partial charge in [-0.15, -0.1) is 0 Å². The van der Waals surface area contributed by atoms with Gasteiger partial charge in [0.2, 0.25) is 0 Å². The van der Waals surface area contributed by atoms with E-state index in [0.717, 1.165) is 0 Å². The van der Waals surface area contributed by atoms with Crippen LogP contribution in [0.25, 0.3) is 0 Å². The zero-order valence-corrected chi connectivity index (χ0v) is 15.0. The molecule has 118 valence electrons. The van der Waals surface area contributed by atoms with Gasteiger partial charge in [-0.2, -0.15) is 0 Å². The van der Waals surface area contributed by atoms with E-state index in [0.29, 0.717) is 6.29 Å². The number of hydrogen-bond acceptors (Lipinski definition) is 3. The predicted octanol–water partition coefficient (Wildman–Crippen LogP) is 3.26. The van der Waals surface area contributed by atoms with Crippen molar-refractivity contribution in [1.82, 2.24) is 5.32 Å². The Morgan fingerprint density at radius 1 is 1.20 bits per heavy atom. The van der Waals surface area contributed by atoms with Crippen LogP contribution in [0, 0.1) is 5.41 Å². The van der Waals surface area contributed by atoms with E-state index in [-0.39, 0.29) is 11.6 Å². The topological polar surface area (TPSA) is 75.6 Å². The van der Waals surface area contributed by atoms with E-state index in [9.17, 15) is 9.59 Å². The summed E-state index contributed by atoms with van der Waals surface area (Å²) in [7, 11) is -2.05. The molecule has 1 amide bonds. The molecule has 2 N–H and O–H groups in total. The van der Waals surface area contributed by atoms with Gasteiger partial charge in [-0.1, -0.05) is 41.5 Å². The molecule has 0 unspecified atom stereocenters. The van der Waals surface area contributed by atoms with Crippen LogP contribution in [0.1, 0.15) is 41.5 Å². The van der Waals surface area contributed by atoms with Crippen LogP contribution in [0.15, 0.2) is 0 Å². The van der Waals surface area contributed by atoms with Crippen LogP contribution in [0.2, 0.25) is 18.1 Å². The van der Waals surface area contributed by atoms with Crippen molar-refractivity contribution in [3.05, 3.63) is 0 Å². The maximum Gasteiger partial charge on any atom is 0.405 e. The highest BCUT2D eigenvalue weighted by Crippen LogP contribution is 2.38. The van der Waals surface area contributed by atoms with E-state index in [1.807, 2.05) is 20.8 Å². The largest absolute Gasteiger partial charge is 0.465 e. The van der Waals surface area contributed by atoms with E-state index < -0.39 is 25.4 Å². The van der Waals surface area contributed by atoms with Crippen LogP contribution in [0.3, 0.4) is 0 Å². The molecule has 0 aromatic heterocycles. The fraction of sp³-hybridized carbons (Fsp3) is 0.857. The molecule has 0 rings (SSSR count). The average Bonchev–Trinajstić information content (AvgIpc) is 2.20. The van der Waals surface area contributed by atoms with Crippen molar-refractivity contribution in [2.45, 2.75) is 65.2 Å². The summed E-state index contributed by atoms with van der Waals surface area (Å²) >= 11 is 0. The zero-order valence-electron chi connectivity index (χ0n) is 14.0. The first-order valence-electron chi connectivity index (χ1n) is 6.80. The van der Waals surface area contributed by atoms with Crippen molar-refractivity contribution in [2.24, 2.45) is 5.41 Å². The van der Waals surface area contributed by atoms with Crippen LogP contribution >= 0.6 is 0 Å². The molecule has 0 bridgehead atoms. The van der Waals surface area contributed by atoms with Gasteiger partial charge in [0.15, 0.2) is 8.32 Å². The first kappa shape index (κ1) is 19.1. The predicted molar refractivity (Wildman–Crippen MR) is 82.6 cm³/mol. The van der Waals surface area contributed by atoms with Gasteiger partial charge in [-0.25, -0.2) is 4.79 Å². The van der Waals surface area contributed by atoms with Gasteiger partial charge in [-0.3, -0.25) is 0 Å². The summed E-state index contributed by atoms with van der Waals surface area (Å²) in [5, 5.41) is 11.4. The first-order valence-corrected chi connectivity index (χ1v) is 9.71. The third kappa shape index (κ3) is 4.31. The Morgan fingerprint density at radius 2 is 1.65 bits per heavy atom. The highest BCUT2D eigenvalue weighted by Gasteiger charge is 2.47. The number of aldehydes is 1. The molecule has 0 aliphatic rings. The molecule has 0 aliphatic carbocycles. The third-order valence-electron chi connectivity index (χ3n) is 4.34. The van der Waals surface area contributed by atoms with Gasteiger partial charge in [0, 0.05) is 0 Å². The van der Waals surface area contributed by atoms with Gasteiger partial charge < -0.3 is 19.6 Å². The lowest BCUT2D eigenvalue weighted by Crippen LogP contribution is -2.62. The van der Waals surface area contributed by atoms with Crippen molar-refractivity contribution in [1.29, 1.82) is 0 Å². The molecular weight excluding hydrogens is 274 g/mol.